The van der Waals surface area contributed by atoms with E-state index >= 15 is 0 Å². The molecule has 1 unspecified atom stereocenters. The van der Waals surface area contributed by atoms with Crippen LogP contribution < -0.4 is 14.2 Å². The molecule has 3 aromatic rings. The van der Waals surface area contributed by atoms with Crippen LogP contribution in [0.5, 0.6) is 23.0 Å². The highest BCUT2D eigenvalue weighted by atomic mass is 16.5. The van der Waals surface area contributed by atoms with Crippen molar-refractivity contribution in [3.8, 4) is 23.0 Å². The highest BCUT2D eigenvalue weighted by molar-refractivity contribution is 6.46. The fourth-order valence-electron chi connectivity index (χ4n) is 4.87. The van der Waals surface area contributed by atoms with Gasteiger partial charge in [0, 0.05) is 17.5 Å². The van der Waals surface area contributed by atoms with Gasteiger partial charge in [0.1, 0.15) is 17.3 Å². The number of fused-ring (bicyclic) bond motifs is 1. The number of amides is 1. The lowest BCUT2D eigenvalue weighted by Gasteiger charge is -2.26. The van der Waals surface area contributed by atoms with Crippen molar-refractivity contribution in [2.24, 2.45) is 0 Å². The molecule has 2 N–H and O–H groups in total. The van der Waals surface area contributed by atoms with Crippen molar-refractivity contribution < 1.29 is 34.0 Å². The Balaban J connectivity index is 1.66. The van der Waals surface area contributed by atoms with Gasteiger partial charge in [-0.15, -0.1) is 0 Å². The summed E-state index contributed by atoms with van der Waals surface area (Å²) >= 11 is 0. The summed E-state index contributed by atoms with van der Waals surface area (Å²) in [6, 6.07) is 16.2. The van der Waals surface area contributed by atoms with Crippen molar-refractivity contribution >= 4 is 17.4 Å². The molecule has 0 aromatic heterocycles. The second-order valence-electron chi connectivity index (χ2n) is 8.82. The summed E-state index contributed by atoms with van der Waals surface area (Å²) in [5.74, 6) is -0.338. The first-order valence-corrected chi connectivity index (χ1v) is 12.0. The average molecular weight is 502 g/mol. The Morgan fingerprint density at radius 2 is 1.89 bits per heavy atom. The number of carbonyl (C=O) groups excluding carboxylic acids is 2. The Labute approximate surface area is 214 Å². The van der Waals surface area contributed by atoms with Crippen LogP contribution in [0, 0.1) is 0 Å². The third kappa shape index (κ3) is 4.35. The van der Waals surface area contributed by atoms with E-state index < -0.39 is 17.7 Å². The summed E-state index contributed by atoms with van der Waals surface area (Å²) in [6.07, 6.45) is 0.692. The molecule has 8 heteroatoms. The van der Waals surface area contributed by atoms with E-state index in [0.717, 1.165) is 11.3 Å². The highest BCUT2D eigenvalue weighted by Crippen LogP contribution is 2.43. The summed E-state index contributed by atoms with van der Waals surface area (Å²) in [6.45, 7) is 2.72. The van der Waals surface area contributed by atoms with E-state index in [0.29, 0.717) is 42.1 Å². The molecule has 190 valence electrons. The van der Waals surface area contributed by atoms with E-state index in [4.69, 9.17) is 14.2 Å². The van der Waals surface area contributed by atoms with Gasteiger partial charge in [0.05, 0.1) is 38.5 Å². The molecule has 0 bridgehead atoms. The predicted octanol–water partition coefficient (Wildman–Crippen LogP) is 4.36. The molecule has 1 atom stereocenters. The van der Waals surface area contributed by atoms with Crippen LogP contribution in [0.1, 0.15) is 35.2 Å². The number of aliphatic hydroxyl groups excluding tert-OH is 1. The first-order chi connectivity index (χ1) is 17.9. The van der Waals surface area contributed by atoms with Crippen LogP contribution in [0.4, 0.5) is 0 Å². The molecular weight excluding hydrogens is 474 g/mol. The number of Topliss-reactive ketones (excluding diaryl/α,β-unsaturated/α-hetero) is 1. The van der Waals surface area contributed by atoms with Gasteiger partial charge in [-0.05, 0) is 54.4 Å². The van der Waals surface area contributed by atoms with Crippen LogP contribution in [0.3, 0.4) is 0 Å². The molecule has 1 amide bonds. The number of phenols is 1. The number of likely N-dealkylation sites (tertiary alicyclic amines) is 1. The van der Waals surface area contributed by atoms with Crippen LogP contribution in [-0.4, -0.2) is 47.1 Å². The summed E-state index contributed by atoms with van der Waals surface area (Å²) in [5, 5.41) is 21.7. The third-order valence-corrected chi connectivity index (χ3v) is 6.64. The number of benzene rings is 3. The molecule has 0 spiro atoms. The van der Waals surface area contributed by atoms with Gasteiger partial charge in [0.15, 0.2) is 11.5 Å². The van der Waals surface area contributed by atoms with Gasteiger partial charge in [-0.25, -0.2) is 0 Å². The monoisotopic (exact) mass is 501 g/mol. The largest absolute Gasteiger partial charge is 0.507 e. The fourth-order valence-corrected chi connectivity index (χ4v) is 4.87. The Morgan fingerprint density at radius 3 is 2.68 bits per heavy atom. The van der Waals surface area contributed by atoms with Crippen LogP contribution in [-0.2, 0) is 22.6 Å². The molecule has 2 aliphatic heterocycles. The zero-order chi connectivity index (χ0) is 26.1. The molecule has 0 aliphatic carbocycles. The molecule has 0 saturated carbocycles. The lowest BCUT2D eigenvalue weighted by atomic mass is 9.94. The van der Waals surface area contributed by atoms with Crippen LogP contribution in [0.15, 0.2) is 66.2 Å². The molecule has 2 heterocycles. The minimum Gasteiger partial charge on any atom is -0.507 e. The lowest BCUT2D eigenvalue weighted by Crippen LogP contribution is -2.29. The second-order valence-corrected chi connectivity index (χ2v) is 8.82. The van der Waals surface area contributed by atoms with Gasteiger partial charge in [0.2, 0.25) is 0 Å². The number of aliphatic hydroxyl groups is 1. The number of ketones is 1. The topological polar surface area (TPSA) is 106 Å². The van der Waals surface area contributed by atoms with Crippen LogP contribution in [0.25, 0.3) is 5.76 Å². The third-order valence-electron chi connectivity index (χ3n) is 6.64. The van der Waals surface area contributed by atoms with E-state index in [-0.39, 0.29) is 29.4 Å². The molecule has 1 saturated heterocycles. The maximum atomic E-state index is 13.4. The molecule has 5 rings (SSSR count). The van der Waals surface area contributed by atoms with Crippen LogP contribution in [0.2, 0.25) is 0 Å². The van der Waals surface area contributed by atoms with Crippen molar-refractivity contribution in [2.75, 3.05) is 20.3 Å². The molecule has 1 fully saturated rings. The molecule has 3 aromatic carbocycles. The van der Waals surface area contributed by atoms with Crippen LogP contribution >= 0.6 is 0 Å². The SMILES string of the molecule is CCOc1cc(C2/C(=C(\O)c3ccc4c(c3)CCO4)C(=O)C(=O)N2Cc2ccccc2OC)ccc1O. The number of aromatic hydroxyl groups is 1. The lowest BCUT2D eigenvalue weighted by molar-refractivity contribution is -0.140. The molecule has 2 aliphatic rings. The maximum absolute atomic E-state index is 13.4. The van der Waals surface area contributed by atoms with Crippen molar-refractivity contribution in [1.82, 2.24) is 4.90 Å². The quantitative estimate of drug-likeness (QED) is 0.282. The fraction of sp³-hybridized carbons (Fsp3) is 0.241. The number of hydrogen-bond acceptors (Lipinski definition) is 7. The number of carbonyl (C=O) groups is 2. The molecule has 0 radical (unpaired) electrons. The van der Waals surface area contributed by atoms with Crippen molar-refractivity contribution in [3.05, 3.63) is 88.5 Å². The first kappa shape index (κ1) is 24.2. The van der Waals surface area contributed by atoms with E-state index in [1.165, 1.54) is 18.1 Å². The number of hydrogen-bond donors (Lipinski definition) is 2. The Kier molecular flexibility index (Phi) is 6.48. The minimum absolute atomic E-state index is 0.0353. The van der Waals surface area contributed by atoms with Crippen molar-refractivity contribution in [2.45, 2.75) is 25.9 Å². The Morgan fingerprint density at radius 1 is 1.08 bits per heavy atom. The minimum atomic E-state index is -0.922. The number of nitrogens with zero attached hydrogens (tertiary/aromatic N) is 1. The summed E-state index contributed by atoms with van der Waals surface area (Å²) in [5.41, 5.74) is 2.53. The van der Waals surface area contributed by atoms with Gasteiger partial charge in [-0.1, -0.05) is 24.3 Å². The number of ether oxygens (including phenoxy) is 3. The number of para-hydroxylation sites is 1. The van der Waals surface area contributed by atoms with E-state index in [9.17, 15) is 19.8 Å². The Hall–Kier alpha value is -4.46. The number of phenolic OH excluding ortho intramolecular Hbond substituents is 1. The number of methoxy groups -OCH3 is 1. The molecule has 8 nitrogen and oxygen atoms in total. The van der Waals surface area contributed by atoms with E-state index in [2.05, 4.69) is 0 Å². The average Bonchev–Trinajstić information content (AvgIpc) is 3.48. The summed E-state index contributed by atoms with van der Waals surface area (Å²) < 4.78 is 16.6. The van der Waals surface area contributed by atoms with Gasteiger partial charge in [-0.3, -0.25) is 9.59 Å². The maximum Gasteiger partial charge on any atom is 0.295 e. The van der Waals surface area contributed by atoms with Crippen molar-refractivity contribution in [3.63, 3.8) is 0 Å². The zero-order valence-corrected chi connectivity index (χ0v) is 20.6. The highest BCUT2D eigenvalue weighted by Gasteiger charge is 2.46. The second kappa shape index (κ2) is 9.89. The Bertz CT molecular complexity index is 1410. The van der Waals surface area contributed by atoms with Crippen molar-refractivity contribution in [1.29, 1.82) is 0 Å². The summed E-state index contributed by atoms with van der Waals surface area (Å²) in [7, 11) is 1.54. The zero-order valence-electron chi connectivity index (χ0n) is 20.6. The van der Waals surface area contributed by atoms with E-state index in [1.807, 2.05) is 18.2 Å². The first-order valence-electron chi connectivity index (χ1n) is 12.0. The van der Waals surface area contributed by atoms with Gasteiger partial charge < -0.3 is 29.3 Å². The summed E-state index contributed by atoms with van der Waals surface area (Å²) in [4.78, 5) is 28.2. The smallest absolute Gasteiger partial charge is 0.295 e. The predicted molar refractivity (Wildman–Crippen MR) is 136 cm³/mol. The van der Waals surface area contributed by atoms with E-state index in [1.54, 1.807) is 43.3 Å². The van der Waals surface area contributed by atoms with Gasteiger partial charge in [0.25, 0.3) is 11.7 Å². The molecule has 37 heavy (non-hydrogen) atoms. The molecular formula is C29H27NO7. The standard InChI is InChI=1S/C29H27NO7/c1-3-36-24-15-18(8-10-21(24)31)26-25(27(32)19-9-11-23-17(14-19)12-13-37-23)28(33)29(34)30(26)16-20-6-4-5-7-22(20)35-2/h4-11,14-15,26,31-32H,3,12-13,16H2,1-2H3/b27-25+. The number of rotatable bonds is 7. The van der Waals surface area contributed by atoms with Gasteiger partial charge >= 0.3 is 0 Å². The normalized spacial score (nSPS) is 18.0. The van der Waals surface area contributed by atoms with Gasteiger partial charge in [-0.2, -0.15) is 0 Å².